The number of aryl methyl sites for hydroxylation is 2. The maximum Gasteiger partial charge on any atom is 0.310 e. The van der Waals surface area contributed by atoms with Crippen LogP contribution in [0.4, 0.5) is 5.69 Å². The van der Waals surface area contributed by atoms with E-state index in [1.807, 2.05) is 25.1 Å². The van der Waals surface area contributed by atoms with Crippen molar-refractivity contribution < 1.29 is 9.53 Å². The Labute approximate surface area is 128 Å². The Balaban J connectivity index is 1.99. The standard InChI is InChI=1S/C15H18ClN3O2/c1-3-12-15(16)13(19(2)18-12)9-21-14(20)8-10-6-4-5-7-11(10)17/h4-7H,3,8-9,17H2,1-2H3. The molecule has 0 amide bonds. The smallest absolute Gasteiger partial charge is 0.310 e. The number of rotatable bonds is 5. The minimum Gasteiger partial charge on any atom is -0.459 e. The van der Waals surface area contributed by atoms with Gasteiger partial charge in [-0.05, 0) is 18.1 Å². The van der Waals surface area contributed by atoms with Gasteiger partial charge in [0.05, 0.1) is 22.8 Å². The van der Waals surface area contributed by atoms with E-state index in [4.69, 9.17) is 22.1 Å². The van der Waals surface area contributed by atoms with Gasteiger partial charge in [-0.25, -0.2) is 0 Å². The molecular formula is C15H18ClN3O2. The number of benzene rings is 1. The number of anilines is 1. The highest BCUT2D eigenvalue weighted by Crippen LogP contribution is 2.21. The molecule has 6 heteroatoms. The van der Waals surface area contributed by atoms with E-state index in [1.165, 1.54) is 0 Å². The van der Waals surface area contributed by atoms with Crippen molar-refractivity contribution >= 4 is 23.3 Å². The van der Waals surface area contributed by atoms with Crippen LogP contribution in [0.3, 0.4) is 0 Å². The van der Waals surface area contributed by atoms with Crippen LogP contribution in [0.15, 0.2) is 24.3 Å². The first-order valence-electron chi connectivity index (χ1n) is 6.72. The van der Waals surface area contributed by atoms with E-state index in [1.54, 1.807) is 17.8 Å². The summed E-state index contributed by atoms with van der Waals surface area (Å²) in [5, 5.41) is 4.84. The molecule has 0 spiro atoms. The van der Waals surface area contributed by atoms with Gasteiger partial charge in [-0.15, -0.1) is 0 Å². The Kier molecular flexibility index (Phi) is 4.85. The quantitative estimate of drug-likeness (QED) is 0.680. The lowest BCUT2D eigenvalue weighted by Gasteiger charge is -2.07. The molecule has 2 aromatic rings. The van der Waals surface area contributed by atoms with E-state index in [2.05, 4.69) is 5.10 Å². The summed E-state index contributed by atoms with van der Waals surface area (Å²) in [6, 6.07) is 7.23. The third-order valence-electron chi connectivity index (χ3n) is 3.26. The van der Waals surface area contributed by atoms with Gasteiger partial charge >= 0.3 is 5.97 Å². The summed E-state index contributed by atoms with van der Waals surface area (Å²) in [5.41, 5.74) is 8.64. The highest BCUT2D eigenvalue weighted by molar-refractivity contribution is 6.31. The zero-order chi connectivity index (χ0) is 15.4. The SMILES string of the molecule is CCc1nn(C)c(COC(=O)Cc2ccccc2N)c1Cl. The fourth-order valence-electron chi connectivity index (χ4n) is 2.03. The summed E-state index contributed by atoms with van der Waals surface area (Å²) in [6.07, 6.45) is 0.879. The molecule has 0 saturated heterocycles. The fourth-order valence-corrected chi connectivity index (χ4v) is 2.38. The van der Waals surface area contributed by atoms with Crippen LogP contribution in [0.2, 0.25) is 5.02 Å². The maximum atomic E-state index is 11.9. The third kappa shape index (κ3) is 3.55. The molecule has 0 aliphatic carbocycles. The fraction of sp³-hybridized carbons (Fsp3) is 0.333. The number of nitrogens with zero attached hydrogens (tertiary/aromatic N) is 2. The van der Waals surface area contributed by atoms with Crippen molar-refractivity contribution in [1.29, 1.82) is 0 Å². The van der Waals surface area contributed by atoms with Gasteiger partial charge in [-0.2, -0.15) is 5.10 Å². The van der Waals surface area contributed by atoms with Crippen molar-refractivity contribution in [1.82, 2.24) is 9.78 Å². The summed E-state index contributed by atoms with van der Waals surface area (Å²) in [4.78, 5) is 11.9. The van der Waals surface area contributed by atoms with E-state index in [-0.39, 0.29) is 19.0 Å². The number of aromatic nitrogens is 2. The molecular weight excluding hydrogens is 290 g/mol. The summed E-state index contributed by atoms with van der Waals surface area (Å²) >= 11 is 6.20. The van der Waals surface area contributed by atoms with Crippen molar-refractivity contribution in [2.75, 3.05) is 5.73 Å². The molecule has 112 valence electrons. The number of esters is 1. The van der Waals surface area contributed by atoms with Gasteiger partial charge in [-0.3, -0.25) is 9.48 Å². The summed E-state index contributed by atoms with van der Waals surface area (Å²) in [7, 11) is 1.78. The largest absolute Gasteiger partial charge is 0.459 e. The Morgan fingerprint density at radius 2 is 2.14 bits per heavy atom. The number of nitrogen functional groups attached to an aromatic ring is 1. The Morgan fingerprint density at radius 1 is 1.43 bits per heavy atom. The number of hydrogen-bond acceptors (Lipinski definition) is 4. The summed E-state index contributed by atoms with van der Waals surface area (Å²) in [5.74, 6) is -0.344. The molecule has 1 aromatic carbocycles. The second-order valence-electron chi connectivity index (χ2n) is 4.72. The molecule has 2 N–H and O–H groups in total. The number of ether oxygens (including phenoxy) is 1. The average Bonchev–Trinajstić information content (AvgIpc) is 2.74. The molecule has 0 bridgehead atoms. The number of halogens is 1. The molecule has 1 aromatic heterocycles. The van der Waals surface area contributed by atoms with Crippen molar-refractivity contribution in [2.24, 2.45) is 7.05 Å². The van der Waals surface area contributed by atoms with Gasteiger partial charge in [0.15, 0.2) is 0 Å². The van der Waals surface area contributed by atoms with Crippen LogP contribution >= 0.6 is 11.6 Å². The van der Waals surface area contributed by atoms with Crippen LogP contribution in [0.5, 0.6) is 0 Å². The molecule has 0 radical (unpaired) electrons. The first kappa shape index (κ1) is 15.4. The van der Waals surface area contributed by atoms with Gasteiger partial charge in [0.1, 0.15) is 6.61 Å². The minimum atomic E-state index is -0.344. The molecule has 0 aliphatic heterocycles. The predicted molar refractivity (Wildman–Crippen MR) is 82.0 cm³/mol. The Bertz CT molecular complexity index is 652. The number of carbonyl (C=O) groups is 1. The Hall–Kier alpha value is -2.01. The van der Waals surface area contributed by atoms with Gasteiger partial charge in [0.25, 0.3) is 0 Å². The molecule has 0 unspecified atom stereocenters. The molecule has 1 heterocycles. The van der Waals surface area contributed by atoms with E-state index >= 15 is 0 Å². The van der Waals surface area contributed by atoms with Gasteiger partial charge in [0.2, 0.25) is 0 Å². The summed E-state index contributed by atoms with van der Waals surface area (Å²) in [6.45, 7) is 2.08. The van der Waals surface area contributed by atoms with E-state index < -0.39 is 0 Å². The molecule has 0 aliphatic rings. The molecule has 0 atom stereocenters. The van der Waals surface area contributed by atoms with E-state index in [0.29, 0.717) is 16.4 Å². The van der Waals surface area contributed by atoms with Crippen LogP contribution < -0.4 is 5.73 Å². The maximum absolute atomic E-state index is 11.9. The zero-order valence-electron chi connectivity index (χ0n) is 12.1. The highest BCUT2D eigenvalue weighted by atomic mass is 35.5. The monoisotopic (exact) mass is 307 g/mol. The number of hydrogen-bond donors (Lipinski definition) is 1. The average molecular weight is 308 g/mol. The first-order valence-corrected chi connectivity index (χ1v) is 7.10. The summed E-state index contributed by atoms with van der Waals surface area (Å²) < 4.78 is 6.91. The molecule has 0 saturated carbocycles. The third-order valence-corrected chi connectivity index (χ3v) is 3.70. The number of carbonyl (C=O) groups excluding carboxylic acids is 1. The molecule has 0 fully saturated rings. The normalized spacial score (nSPS) is 10.6. The highest BCUT2D eigenvalue weighted by Gasteiger charge is 2.15. The van der Waals surface area contributed by atoms with Crippen LogP contribution in [0.25, 0.3) is 0 Å². The van der Waals surface area contributed by atoms with Crippen molar-refractivity contribution in [3.63, 3.8) is 0 Å². The van der Waals surface area contributed by atoms with E-state index in [0.717, 1.165) is 17.7 Å². The van der Waals surface area contributed by atoms with Crippen LogP contribution in [-0.2, 0) is 36.0 Å². The van der Waals surface area contributed by atoms with Crippen molar-refractivity contribution in [3.8, 4) is 0 Å². The molecule has 5 nitrogen and oxygen atoms in total. The van der Waals surface area contributed by atoms with Crippen molar-refractivity contribution in [2.45, 2.75) is 26.4 Å². The van der Waals surface area contributed by atoms with E-state index in [9.17, 15) is 4.79 Å². The predicted octanol–water partition coefficient (Wildman–Crippen LogP) is 2.50. The number of para-hydroxylation sites is 1. The molecule has 2 rings (SSSR count). The second kappa shape index (κ2) is 6.63. The van der Waals surface area contributed by atoms with Crippen LogP contribution in [-0.4, -0.2) is 15.7 Å². The lowest BCUT2D eigenvalue weighted by atomic mass is 10.1. The zero-order valence-corrected chi connectivity index (χ0v) is 12.9. The van der Waals surface area contributed by atoms with Crippen molar-refractivity contribution in [3.05, 3.63) is 46.2 Å². The minimum absolute atomic E-state index is 0.105. The van der Waals surface area contributed by atoms with Gasteiger partial charge < -0.3 is 10.5 Å². The van der Waals surface area contributed by atoms with Gasteiger partial charge in [-0.1, -0.05) is 36.7 Å². The lowest BCUT2D eigenvalue weighted by molar-refractivity contribution is -0.144. The van der Waals surface area contributed by atoms with Crippen LogP contribution in [0.1, 0.15) is 23.9 Å². The Morgan fingerprint density at radius 3 is 2.76 bits per heavy atom. The lowest BCUT2D eigenvalue weighted by Crippen LogP contribution is -2.11. The van der Waals surface area contributed by atoms with Crippen LogP contribution in [0, 0.1) is 0 Å². The first-order chi connectivity index (χ1) is 10.0. The second-order valence-corrected chi connectivity index (χ2v) is 5.10. The molecule has 21 heavy (non-hydrogen) atoms. The number of nitrogens with two attached hydrogens (primary N) is 1. The van der Waals surface area contributed by atoms with Gasteiger partial charge in [0, 0.05) is 12.7 Å². The topological polar surface area (TPSA) is 70.1 Å².